The van der Waals surface area contributed by atoms with Crippen LogP contribution in [0.3, 0.4) is 0 Å². The molecule has 1 N–H and O–H groups in total. The van der Waals surface area contributed by atoms with Crippen LogP contribution in [-0.4, -0.2) is 4.92 Å². The number of rotatable bonds is 4. The third kappa shape index (κ3) is 3.27. The molecule has 0 spiro atoms. The van der Waals surface area contributed by atoms with Crippen LogP contribution in [0.4, 0.5) is 19.5 Å². The molecule has 0 saturated heterocycles. The summed E-state index contributed by atoms with van der Waals surface area (Å²) in [7, 11) is 0. The van der Waals surface area contributed by atoms with Crippen molar-refractivity contribution in [3.05, 3.63) is 55.4 Å². The second kappa shape index (κ2) is 5.62. The molecule has 0 amide bonds. The van der Waals surface area contributed by atoms with Gasteiger partial charge in [-0.2, -0.15) is 0 Å². The van der Waals surface area contributed by atoms with Crippen molar-refractivity contribution in [2.24, 2.45) is 0 Å². The summed E-state index contributed by atoms with van der Waals surface area (Å²) in [6.07, 6.45) is 0. The molecule has 0 atom stereocenters. The third-order valence-corrected chi connectivity index (χ3v) is 3.68. The molecule has 0 aliphatic rings. The molecule has 1 aromatic heterocycles. The standard InChI is InChI=1S/C11H7BrF2N2O2S/c12-7-2-8(13)11(9(14)3-7)15-4-6-1-10(16(17)18)19-5-6/h1-3,5,15H,4H2. The summed E-state index contributed by atoms with van der Waals surface area (Å²) >= 11 is 3.95. The molecule has 0 fully saturated rings. The largest absolute Gasteiger partial charge is 0.376 e. The second-order valence-electron chi connectivity index (χ2n) is 3.65. The molecule has 2 aromatic rings. The van der Waals surface area contributed by atoms with Crippen LogP contribution in [0.25, 0.3) is 0 Å². The van der Waals surface area contributed by atoms with Gasteiger partial charge in [-0.05, 0) is 17.7 Å². The Kier molecular flexibility index (Phi) is 4.11. The fourth-order valence-corrected chi connectivity index (χ4v) is 2.58. The third-order valence-electron chi connectivity index (χ3n) is 2.30. The molecule has 100 valence electrons. The maximum absolute atomic E-state index is 13.5. The van der Waals surface area contributed by atoms with Crippen molar-refractivity contribution in [3.8, 4) is 0 Å². The smallest absolute Gasteiger partial charge is 0.324 e. The Bertz CT molecular complexity index is 610. The molecule has 1 aromatic carbocycles. The van der Waals surface area contributed by atoms with E-state index in [-0.39, 0.29) is 17.2 Å². The SMILES string of the molecule is O=[N+]([O-])c1cc(CNc2c(F)cc(Br)cc2F)cs1. The normalized spacial score (nSPS) is 10.5. The molecule has 0 aliphatic heterocycles. The van der Waals surface area contributed by atoms with Crippen molar-refractivity contribution in [2.75, 3.05) is 5.32 Å². The van der Waals surface area contributed by atoms with Crippen molar-refractivity contribution < 1.29 is 13.7 Å². The van der Waals surface area contributed by atoms with Gasteiger partial charge in [-0.1, -0.05) is 27.3 Å². The highest BCUT2D eigenvalue weighted by Crippen LogP contribution is 2.26. The number of anilines is 1. The number of nitrogens with one attached hydrogen (secondary N) is 1. The number of benzene rings is 1. The fourth-order valence-electron chi connectivity index (χ4n) is 1.45. The predicted octanol–water partition coefficient (Wildman–Crippen LogP) is 4.31. The van der Waals surface area contributed by atoms with Gasteiger partial charge in [0.25, 0.3) is 0 Å². The molecule has 2 rings (SSSR count). The van der Waals surface area contributed by atoms with Crippen molar-refractivity contribution in [1.82, 2.24) is 0 Å². The fraction of sp³-hybridized carbons (Fsp3) is 0.0909. The monoisotopic (exact) mass is 348 g/mol. The molecule has 4 nitrogen and oxygen atoms in total. The first-order chi connectivity index (χ1) is 8.97. The van der Waals surface area contributed by atoms with Crippen LogP contribution in [0.15, 0.2) is 28.1 Å². The average Bonchev–Trinajstić information content (AvgIpc) is 2.76. The van der Waals surface area contributed by atoms with Gasteiger partial charge in [0.05, 0.1) is 4.92 Å². The van der Waals surface area contributed by atoms with Gasteiger partial charge in [0.1, 0.15) is 17.3 Å². The van der Waals surface area contributed by atoms with Gasteiger partial charge in [0.15, 0.2) is 0 Å². The van der Waals surface area contributed by atoms with Gasteiger partial charge >= 0.3 is 5.00 Å². The number of thiophene rings is 1. The van der Waals surface area contributed by atoms with Crippen molar-refractivity contribution in [3.63, 3.8) is 0 Å². The minimum atomic E-state index is -0.725. The highest BCUT2D eigenvalue weighted by atomic mass is 79.9. The molecular weight excluding hydrogens is 342 g/mol. The highest BCUT2D eigenvalue weighted by Gasteiger charge is 2.12. The minimum Gasteiger partial charge on any atom is -0.376 e. The molecule has 19 heavy (non-hydrogen) atoms. The second-order valence-corrected chi connectivity index (χ2v) is 5.45. The van der Waals surface area contributed by atoms with Gasteiger partial charge < -0.3 is 5.32 Å². The van der Waals surface area contributed by atoms with Gasteiger partial charge in [-0.25, -0.2) is 8.78 Å². The Morgan fingerprint density at radius 3 is 2.47 bits per heavy atom. The van der Waals surface area contributed by atoms with E-state index < -0.39 is 16.6 Å². The Labute approximate surface area is 119 Å². The van der Waals surface area contributed by atoms with E-state index in [0.717, 1.165) is 23.5 Å². The maximum Gasteiger partial charge on any atom is 0.324 e. The Hall–Kier alpha value is -1.54. The zero-order valence-electron chi connectivity index (χ0n) is 9.32. The maximum atomic E-state index is 13.5. The molecule has 0 bridgehead atoms. The van der Waals surface area contributed by atoms with Crippen LogP contribution in [-0.2, 0) is 6.54 Å². The first kappa shape index (κ1) is 13.9. The first-order valence-corrected chi connectivity index (χ1v) is 6.75. The lowest BCUT2D eigenvalue weighted by molar-refractivity contribution is -0.380. The Balaban J connectivity index is 2.12. The van der Waals surface area contributed by atoms with E-state index in [1.807, 2.05) is 0 Å². The lowest BCUT2D eigenvalue weighted by Gasteiger charge is -2.08. The van der Waals surface area contributed by atoms with Gasteiger partial charge in [0.2, 0.25) is 0 Å². The molecule has 0 saturated carbocycles. The summed E-state index contributed by atoms with van der Waals surface area (Å²) in [6, 6.07) is 3.65. The quantitative estimate of drug-likeness (QED) is 0.661. The summed E-state index contributed by atoms with van der Waals surface area (Å²) in [5.41, 5.74) is 0.343. The van der Waals surface area contributed by atoms with Gasteiger partial charge in [-0.3, -0.25) is 10.1 Å². The number of halogens is 3. The summed E-state index contributed by atoms with van der Waals surface area (Å²) in [6.45, 7) is 0.111. The van der Waals surface area contributed by atoms with Crippen LogP contribution in [0.2, 0.25) is 0 Å². The number of nitrogens with zero attached hydrogens (tertiary/aromatic N) is 1. The Morgan fingerprint density at radius 2 is 1.95 bits per heavy atom. The summed E-state index contributed by atoms with van der Waals surface area (Å²) in [5, 5.41) is 14.7. The zero-order valence-corrected chi connectivity index (χ0v) is 11.7. The van der Waals surface area contributed by atoms with Gasteiger partial charge in [-0.15, -0.1) is 0 Å². The van der Waals surface area contributed by atoms with E-state index in [4.69, 9.17) is 0 Å². The van der Waals surface area contributed by atoms with E-state index in [1.54, 1.807) is 5.38 Å². The molecule has 1 heterocycles. The molecule has 0 radical (unpaired) electrons. The summed E-state index contributed by atoms with van der Waals surface area (Å²) in [5.74, 6) is -1.45. The van der Waals surface area contributed by atoms with Crippen molar-refractivity contribution in [1.29, 1.82) is 0 Å². The van der Waals surface area contributed by atoms with Crippen LogP contribution >= 0.6 is 27.3 Å². The number of hydrogen-bond donors (Lipinski definition) is 1. The van der Waals surface area contributed by atoms with E-state index in [2.05, 4.69) is 21.2 Å². The van der Waals surface area contributed by atoms with Crippen LogP contribution < -0.4 is 5.32 Å². The molecule has 0 unspecified atom stereocenters. The van der Waals surface area contributed by atoms with E-state index in [1.165, 1.54) is 6.07 Å². The number of nitro groups is 1. The average molecular weight is 349 g/mol. The number of hydrogen-bond acceptors (Lipinski definition) is 4. The molecule has 0 aliphatic carbocycles. The van der Waals surface area contributed by atoms with Gasteiger partial charge in [0, 0.05) is 22.5 Å². The topological polar surface area (TPSA) is 55.2 Å². The lowest BCUT2D eigenvalue weighted by Crippen LogP contribution is -2.03. The predicted molar refractivity (Wildman–Crippen MR) is 72.4 cm³/mol. The van der Waals surface area contributed by atoms with Crippen molar-refractivity contribution >= 4 is 38.0 Å². The van der Waals surface area contributed by atoms with Crippen LogP contribution in [0.5, 0.6) is 0 Å². The summed E-state index contributed by atoms with van der Waals surface area (Å²) < 4.78 is 27.3. The lowest BCUT2D eigenvalue weighted by atomic mass is 10.2. The molecule has 8 heteroatoms. The van der Waals surface area contributed by atoms with E-state index >= 15 is 0 Å². The zero-order chi connectivity index (χ0) is 14.0. The van der Waals surface area contributed by atoms with E-state index in [9.17, 15) is 18.9 Å². The van der Waals surface area contributed by atoms with Crippen LogP contribution in [0.1, 0.15) is 5.56 Å². The van der Waals surface area contributed by atoms with E-state index in [0.29, 0.717) is 10.0 Å². The minimum absolute atomic E-state index is 0.00597. The Morgan fingerprint density at radius 1 is 1.32 bits per heavy atom. The summed E-state index contributed by atoms with van der Waals surface area (Å²) in [4.78, 5) is 10.00. The highest BCUT2D eigenvalue weighted by molar-refractivity contribution is 9.10. The van der Waals surface area contributed by atoms with Crippen molar-refractivity contribution in [2.45, 2.75) is 6.54 Å². The first-order valence-electron chi connectivity index (χ1n) is 5.07. The molecular formula is C11H7BrF2N2O2S. The van der Waals surface area contributed by atoms with Crippen LogP contribution in [0, 0.1) is 21.7 Å².